The van der Waals surface area contributed by atoms with Gasteiger partial charge >= 0.3 is 0 Å². The zero-order chi connectivity index (χ0) is 15.8. The molecule has 0 aliphatic carbocycles. The van der Waals surface area contributed by atoms with Gasteiger partial charge < -0.3 is 10.6 Å². The zero-order valence-corrected chi connectivity index (χ0v) is 12.8. The number of halogens is 2. The molecule has 0 saturated carbocycles. The van der Waals surface area contributed by atoms with Crippen LogP contribution in [-0.2, 0) is 10.0 Å². The fourth-order valence-electron chi connectivity index (χ4n) is 2.52. The first-order chi connectivity index (χ1) is 9.73. The largest absolute Gasteiger partial charge is 0.399 e. The molecule has 0 radical (unpaired) electrons. The van der Waals surface area contributed by atoms with Crippen molar-refractivity contribution in [1.82, 2.24) is 9.21 Å². The molecule has 1 aliphatic heterocycles. The maximum Gasteiger partial charge on any atom is 0.248 e. The van der Waals surface area contributed by atoms with Gasteiger partial charge in [0.2, 0.25) is 10.0 Å². The third-order valence-corrected chi connectivity index (χ3v) is 5.82. The van der Waals surface area contributed by atoms with E-state index >= 15 is 0 Å². The normalized spacial score (nSPS) is 18.3. The Hall–Kier alpha value is -1.25. The van der Waals surface area contributed by atoms with Crippen molar-refractivity contribution >= 4 is 15.7 Å². The van der Waals surface area contributed by atoms with Crippen molar-refractivity contribution in [3.63, 3.8) is 0 Å². The number of hydrogen-bond acceptors (Lipinski definition) is 4. The van der Waals surface area contributed by atoms with Gasteiger partial charge in [0, 0.05) is 18.8 Å². The van der Waals surface area contributed by atoms with Gasteiger partial charge in [0.05, 0.1) is 0 Å². The quantitative estimate of drug-likeness (QED) is 0.852. The Morgan fingerprint density at radius 3 is 2.19 bits per heavy atom. The van der Waals surface area contributed by atoms with Crippen molar-refractivity contribution in [3.05, 3.63) is 23.8 Å². The van der Waals surface area contributed by atoms with E-state index in [1.807, 2.05) is 7.05 Å². The average Bonchev–Trinajstić information content (AvgIpc) is 2.37. The van der Waals surface area contributed by atoms with E-state index in [2.05, 4.69) is 4.90 Å². The van der Waals surface area contributed by atoms with Crippen LogP contribution in [-0.4, -0.2) is 50.8 Å². The Kier molecular flexibility index (Phi) is 4.50. The predicted molar refractivity (Wildman–Crippen MR) is 76.2 cm³/mol. The van der Waals surface area contributed by atoms with E-state index in [1.54, 1.807) is 0 Å². The molecular weight excluding hydrogens is 300 g/mol. The molecular formula is C13H19F2N3O2S. The number of hydrogen-bond donors (Lipinski definition) is 1. The number of piperidine rings is 1. The number of sulfonamides is 1. The van der Waals surface area contributed by atoms with Crippen LogP contribution >= 0.6 is 0 Å². The molecule has 1 fully saturated rings. The number of nitrogens with two attached hydrogens (primary N) is 1. The summed E-state index contributed by atoms with van der Waals surface area (Å²) in [6.07, 6.45) is 1.26. The molecule has 0 bridgehead atoms. The maximum atomic E-state index is 13.9. The van der Waals surface area contributed by atoms with Crippen molar-refractivity contribution in [1.29, 1.82) is 0 Å². The lowest BCUT2D eigenvalue weighted by Crippen LogP contribution is -2.44. The topological polar surface area (TPSA) is 66.6 Å². The van der Waals surface area contributed by atoms with Crippen LogP contribution in [0.5, 0.6) is 0 Å². The van der Waals surface area contributed by atoms with Crippen LogP contribution in [0.15, 0.2) is 17.0 Å². The first kappa shape index (κ1) is 16.1. The standard InChI is InChI=1S/C13H19F2N3O2S/c1-17-5-3-10(4-6-17)18(2)21(19,20)13-11(14)7-9(16)8-12(13)15/h7-8,10H,3-6,16H2,1-2H3. The second-order valence-corrected chi connectivity index (χ2v) is 7.30. The van der Waals surface area contributed by atoms with Gasteiger partial charge in [0.15, 0.2) is 4.90 Å². The molecule has 2 N–H and O–H groups in total. The highest BCUT2D eigenvalue weighted by Crippen LogP contribution is 2.27. The molecule has 0 amide bonds. The van der Waals surface area contributed by atoms with Gasteiger partial charge in [-0.3, -0.25) is 0 Å². The summed E-state index contributed by atoms with van der Waals surface area (Å²) in [5, 5.41) is 0. The molecule has 21 heavy (non-hydrogen) atoms. The Morgan fingerprint density at radius 1 is 1.24 bits per heavy atom. The van der Waals surface area contributed by atoms with Crippen molar-refractivity contribution in [2.75, 3.05) is 32.9 Å². The Bertz CT molecular complexity index is 605. The highest BCUT2D eigenvalue weighted by Gasteiger charge is 2.34. The molecule has 8 heteroatoms. The minimum Gasteiger partial charge on any atom is -0.399 e. The average molecular weight is 319 g/mol. The molecule has 1 saturated heterocycles. The van der Waals surface area contributed by atoms with Crippen LogP contribution in [0.25, 0.3) is 0 Å². The van der Waals surface area contributed by atoms with E-state index in [0.717, 1.165) is 29.5 Å². The molecule has 0 aromatic heterocycles. The summed E-state index contributed by atoms with van der Waals surface area (Å²) >= 11 is 0. The number of nitrogen functional groups attached to an aromatic ring is 1. The first-order valence-electron chi connectivity index (χ1n) is 6.64. The third-order valence-electron chi connectivity index (χ3n) is 3.86. The molecule has 2 rings (SSSR count). The summed E-state index contributed by atoms with van der Waals surface area (Å²) in [6, 6.07) is 1.37. The minimum atomic E-state index is -4.22. The lowest BCUT2D eigenvalue weighted by molar-refractivity contribution is 0.197. The number of nitrogens with zero attached hydrogens (tertiary/aromatic N) is 2. The maximum absolute atomic E-state index is 13.9. The molecule has 0 unspecified atom stereocenters. The van der Waals surface area contributed by atoms with Crippen LogP contribution in [0.2, 0.25) is 0 Å². The molecule has 1 aromatic carbocycles. The molecule has 1 aromatic rings. The van der Waals surface area contributed by atoms with Gasteiger partial charge in [0.25, 0.3) is 0 Å². The van der Waals surface area contributed by atoms with Gasteiger partial charge in [0.1, 0.15) is 11.6 Å². The van der Waals surface area contributed by atoms with Gasteiger partial charge in [-0.25, -0.2) is 17.2 Å². The van der Waals surface area contributed by atoms with Crippen LogP contribution in [0.3, 0.4) is 0 Å². The SMILES string of the molecule is CN1CCC(N(C)S(=O)(=O)c2c(F)cc(N)cc2F)CC1. The highest BCUT2D eigenvalue weighted by atomic mass is 32.2. The monoisotopic (exact) mass is 319 g/mol. The lowest BCUT2D eigenvalue weighted by atomic mass is 10.1. The fourth-order valence-corrected chi connectivity index (χ4v) is 4.03. The van der Waals surface area contributed by atoms with Crippen LogP contribution in [0.1, 0.15) is 12.8 Å². The number of benzene rings is 1. The van der Waals surface area contributed by atoms with Crippen molar-refractivity contribution in [2.24, 2.45) is 0 Å². The molecule has 1 aliphatic rings. The van der Waals surface area contributed by atoms with E-state index < -0.39 is 26.6 Å². The van der Waals surface area contributed by atoms with E-state index in [9.17, 15) is 17.2 Å². The molecule has 0 atom stereocenters. The molecule has 0 spiro atoms. The number of likely N-dealkylation sites (tertiary alicyclic amines) is 1. The minimum absolute atomic E-state index is 0.147. The van der Waals surface area contributed by atoms with Crippen LogP contribution in [0, 0.1) is 11.6 Å². The summed E-state index contributed by atoms with van der Waals surface area (Å²) in [7, 11) is -0.915. The van der Waals surface area contributed by atoms with Crippen molar-refractivity contribution < 1.29 is 17.2 Å². The number of anilines is 1. The fraction of sp³-hybridized carbons (Fsp3) is 0.538. The Labute approximate surface area is 123 Å². The summed E-state index contributed by atoms with van der Waals surface area (Å²) in [5.41, 5.74) is 5.16. The highest BCUT2D eigenvalue weighted by molar-refractivity contribution is 7.89. The second-order valence-electron chi connectivity index (χ2n) is 5.37. The van der Waals surface area contributed by atoms with E-state index in [1.165, 1.54) is 7.05 Å². The zero-order valence-electron chi connectivity index (χ0n) is 12.0. The smallest absolute Gasteiger partial charge is 0.248 e. The van der Waals surface area contributed by atoms with E-state index in [4.69, 9.17) is 5.73 Å². The van der Waals surface area contributed by atoms with Gasteiger partial charge in [-0.1, -0.05) is 0 Å². The molecule has 5 nitrogen and oxygen atoms in total. The Balaban J connectivity index is 2.34. The van der Waals surface area contributed by atoms with Crippen molar-refractivity contribution in [3.8, 4) is 0 Å². The molecule has 1 heterocycles. The van der Waals surface area contributed by atoms with Crippen molar-refractivity contribution in [2.45, 2.75) is 23.8 Å². The van der Waals surface area contributed by atoms with Gasteiger partial charge in [-0.15, -0.1) is 0 Å². The summed E-state index contributed by atoms with van der Waals surface area (Å²) in [5.74, 6) is -2.32. The van der Waals surface area contributed by atoms with Gasteiger partial charge in [-0.05, 0) is 45.1 Å². The lowest BCUT2D eigenvalue weighted by Gasteiger charge is -2.34. The van der Waals surface area contributed by atoms with Crippen LogP contribution < -0.4 is 5.73 Å². The van der Waals surface area contributed by atoms with E-state index in [0.29, 0.717) is 12.8 Å². The van der Waals surface area contributed by atoms with Crippen LogP contribution in [0.4, 0.5) is 14.5 Å². The molecule has 118 valence electrons. The summed E-state index contributed by atoms with van der Waals surface area (Å²) < 4.78 is 53.7. The number of rotatable bonds is 3. The van der Waals surface area contributed by atoms with E-state index in [-0.39, 0.29) is 11.7 Å². The summed E-state index contributed by atoms with van der Waals surface area (Å²) in [4.78, 5) is 1.15. The predicted octanol–water partition coefficient (Wildman–Crippen LogP) is 1.26. The van der Waals surface area contributed by atoms with Gasteiger partial charge in [-0.2, -0.15) is 4.31 Å². The second kappa shape index (κ2) is 5.86. The first-order valence-corrected chi connectivity index (χ1v) is 8.08. The third kappa shape index (κ3) is 3.17. The Morgan fingerprint density at radius 2 is 1.71 bits per heavy atom. The summed E-state index contributed by atoms with van der Waals surface area (Å²) in [6.45, 7) is 1.49.